The van der Waals surface area contributed by atoms with Crippen LogP contribution in [0.25, 0.3) is 0 Å². The lowest BCUT2D eigenvalue weighted by molar-refractivity contribution is -0.144. The maximum atomic E-state index is 11.2. The number of likely N-dealkylation sites (tertiary alicyclic amines) is 2. The Labute approximate surface area is 156 Å². The fourth-order valence-electron chi connectivity index (χ4n) is 3.73. The number of carbonyl (C=O) groups is 1. The number of pyridine rings is 1. The lowest BCUT2D eigenvalue weighted by Gasteiger charge is -2.41. The Morgan fingerprint density at radius 2 is 1.96 bits per heavy atom. The highest BCUT2D eigenvalue weighted by molar-refractivity contribution is 5.85. The first-order valence-electron chi connectivity index (χ1n) is 8.30. The molecule has 2 fully saturated rings. The minimum absolute atomic E-state index is 0. The molecule has 0 bridgehead atoms. The molecule has 0 amide bonds. The average Bonchev–Trinajstić information content (AvgIpc) is 2.56. The van der Waals surface area contributed by atoms with Crippen molar-refractivity contribution in [3.05, 3.63) is 30.1 Å². The summed E-state index contributed by atoms with van der Waals surface area (Å²) in [5.74, 6) is -0.791. The smallest absolute Gasteiger partial charge is 0.307 e. The van der Waals surface area contributed by atoms with Gasteiger partial charge in [0.25, 0.3) is 0 Å². The first-order chi connectivity index (χ1) is 10.7. The molecular formula is C17H27Cl2N3O2. The van der Waals surface area contributed by atoms with Crippen molar-refractivity contribution in [3.63, 3.8) is 0 Å². The van der Waals surface area contributed by atoms with Gasteiger partial charge in [0.05, 0.1) is 5.92 Å². The molecule has 3 rings (SSSR count). The molecule has 1 unspecified atom stereocenters. The minimum atomic E-state index is -0.626. The van der Waals surface area contributed by atoms with E-state index in [4.69, 9.17) is 0 Å². The molecule has 0 aromatic carbocycles. The predicted octanol–water partition coefficient (Wildman–Crippen LogP) is 2.69. The van der Waals surface area contributed by atoms with Crippen LogP contribution in [-0.2, 0) is 11.3 Å². The maximum Gasteiger partial charge on any atom is 0.307 e. The fraction of sp³-hybridized carbons (Fsp3) is 0.647. The van der Waals surface area contributed by atoms with E-state index in [-0.39, 0.29) is 30.7 Å². The average molecular weight is 376 g/mol. The molecule has 3 heterocycles. The first kappa shape index (κ1) is 21.2. The quantitative estimate of drug-likeness (QED) is 0.876. The van der Waals surface area contributed by atoms with Crippen LogP contribution < -0.4 is 0 Å². The molecule has 1 aromatic rings. The molecule has 136 valence electrons. The molecule has 2 aliphatic heterocycles. The number of piperidine rings is 2. The van der Waals surface area contributed by atoms with Crippen molar-refractivity contribution < 1.29 is 9.90 Å². The van der Waals surface area contributed by atoms with Gasteiger partial charge in [0.1, 0.15) is 0 Å². The third-order valence-electron chi connectivity index (χ3n) is 5.00. The molecule has 5 nitrogen and oxygen atoms in total. The van der Waals surface area contributed by atoms with E-state index >= 15 is 0 Å². The monoisotopic (exact) mass is 375 g/mol. The number of carboxylic acids is 1. The summed E-state index contributed by atoms with van der Waals surface area (Å²) >= 11 is 0. The summed E-state index contributed by atoms with van der Waals surface area (Å²) < 4.78 is 0. The number of carboxylic acid groups (broad SMARTS) is 1. The summed E-state index contributed by atoms with van der Waals surface area (Å²) in [6.07, 6.45) is 7.90. The highest BCUT2D eigenvalue weighted by Gasteiger charge is 2.31. The van der Waals surface area contributed by atoms with Gasteiger partial charge in [0, 0.05) is 31.5 Å². The molecule has 0 saturated carbocycles. The first-order valence-corrected chi connectivity index (χ1v) is 8.30. The van der Waals surface area contributed by atoms with Gasteiger partial charge in [-0.2, -0.15) is 0 Å². The van der Waals surface area contributed by atoms with Crippen LogP contribution in [0.1, 0.15) is 31.2 Å². The molecule has 0 aliphatic carbocycles. The van der Waals surface area contributed by atoms with Crippen LogP contribution in [0, 0.1) is 5.92 Å². The Morgan fingerprint density at radius 3 is 2.58 bits per heavy atom. The van der Waals surface area contributed by atoms with E-state index in [1.807, 2.05) is 18.5 Å². The van der Waals surface area contributed by atoms with Crippen molar-refractivity contribution in [2.75, 3.05) is 26.2 Å². The zero-order valence-corrected chi connectivity index (χ0v) is 15.5. The van der Waals surface area contributed by atoms with Crippen LogP contribution in [0.5, 0.6) is 0 Å². The molecule has 1 atom stereocenters. The van der Waals surface area contributed by atoms with E-state index in [2.05, 4.69) is 20.9 Å². The standard InChI is InChI=1S/C17H25N3O2.2ClH/c21-17(22)15-4-2-8-20(13-15)16-5-9-19(10-6-16)12-14-3-1-7-18-11-14;;/h1,3,7,11,15-16H,2,4-6,8-10,12-13H2,(H,21,22);2*1H. The topological polar surface area (TPSA) is 56.7 Å². The lowest BCUT2D eigenvalue weighted by atomic mass is 9.94. The summed E-state index contributed by atoms with van der Waals surface area (Å²) in [5, 5.41) is 9.22. The van der Waals surface area contributed by atoms with E-state index in [1.54, 1.807) is 0 Å². The van der Waals surface area contributed by atoms with Gasteiger partial charge in [-0.05, 0) is 56.9 Å². The van der Waals surface area contributed by atoms with Crippen LogP contribution in [-0.4, -0.2) is 58.1 Å². The van der Waals surface area contributed by atoms with Gasteiger partial charge < -0.3 is 5.11 Å². The second kappa shape index (κ2) is 10.2. The molecular weight excluding hydrogens is 349 g/mol. The maximum absolute atomic E-state index is 11.2. The lowest BCUT2D eigenvalue weighted by Crippen LogP contribution is -2.49. The number of nitrogens with zero attached hydrogens (tertiary/aromatic N) is 3. The van der Waals surface area contributed by atoms with Crippen molar-refractivity contribution >= 4 is 30.8 Å². The van der Waals surface area contributed by atoms with Crippen LogP contribution in [0.2, 0.25) is 0 Å². The summed E-state index contributed by atoms with van der Waals surface area (Å²) in [6.45, 7) is 4.96. The largest absolute Gasteiger partial charge is 0.481 e. The van der Waals surface area contributed by atoms with Crippen molar-refractivity contribution in [2.45, 2.75) is 38.3 Å². The predicted molar refractivity (Wildman–Crippen MR) is 99.0 cm³/mol. The number of hydrogen-bond donors (Lipinski definition) is 1. The van der Waals surface area contributed by atoms with E-state index in [0.29, 0.717) is 6.04 Å². The van der Waals surface area contributed by atoms with Gasteiger partial charge in [-0.25, -0.2) is 0 Å². The van der Waals surface area contributed by atoms with Crippen molar-refractivity contribution in [2.24, 2.45) is 5.92 Å². The molecule has 1 N–H and O–H groups in total. The summed E-state index contributed by atoms with van der Waals surface area (Å²) in [5.41, 5.74) is 1.27. The number of halogens is 2. The van der Waals surface area contributed by atoms with Gasteiger partial charge >= 0.3 is 5.97 Å². The van der Waals surface area contributed by atoms with E-state index in [9.17, 15) is 9.90 Å². The van der Waals surface area contributed by atoms with Gasteiger partial charge in [-0.1, -0.05) is 6.07 Å². The Bertz CT molecular complexity index is 496. The zero-order valence-electron chi connectivity index (χ0n) is 13.8. The highest BCUT2D eigenvalue weighted by Crippen LogP contribution is 2.24. The third kappa shape index (κ3) is 5.59. The third-order valence-corrected chi connectivity index (χ3v) is 5.00. The zero-order chi connectivity index (χ0) is 15.4. The molecule has 7 heteroatoms. The Balaban J connectivity index is 0.00000144. The van der Waals surface area contributed by atoms with Crippen molar-refractivity contribution in [3.8, 4) is 0 Å². The van der Waals surface area contributed by atoms with Gasteiger partial charge in [0.15, 0.2) is 0 Å². The number of aliphatic carboxylic acids is 1. The van der Waals surface area contributed by atoms with Crippen LogP contribution in [0.15, 0.2) is 24.5 Å². The van der Waals surface area contributed by atoms with Gasteiger partial charge in [0.2, 0.25) is 0 Å². The second-order valence-electron chi connectivity index (χ2n) is 6.54. The highest BCUT2D eigenvalue weighted by atomic mass is 35.5. The second-order valence-corrected chi connectivity index (χ2v) is 6.54. The molecule has 0 spiro atoms. The number of rotatable bonds is 4. The normalized spacial score (nSPS) is 23.1. The van der Waals surface area contributed by atoms with Crippen molar-refractivity contribution in [1.82, 2.24) is 14.8 Å². The minimum Gasteiger partial charge on any atom is -0.481 e. The molecule has 0 radical (unpaired) electrons. The van der Waals surface area contributed by atoms with Gasteiger partial charge in [-0.15, -0.1) is 24.8 Å². The summed E-state index contributed by atoms with van der Waals surface area (Å²) in [6, 6.07) is 4.68. The van der Waals surface area contributed by atoms with Crippen molar-refractivity contribution in [1.29, 1.82) is 0 Å². The van der Waals surface area contributed by atoms with E-state index in [1.165, 1.54) is 5.56 Å². The van der Waals surface area contributed by atoms with Crippen LogP contribution >= 0.6 is 24.8 Å². The number of hydrogen-bond acceptors (Lipinski definition) is 4. The van der Waals surface area contributed by atoms with Crippen LogP contribution in [0.3, 0.4) is 0 Å². The van der Waals surface area contributed by atoms with Gasteiger partial charge in [-0.3, -0.25) is 19.6 Å². The Kier molecular flexibility index (Phi) is 8.98. The Hall–Kier alpha value is -0.880. The summed E-state index contributed by atoms with van der Waals surface area (Å²) in [4.78, 5) is 20.3. The molecule has 2 saturated heterocycles. The summed E-state index contributed by atoms with van der Waals surface area (Å²) in [7, 11) is 0. The van der Waals surface area contributed by atoms with E-state index < -0.39 is 5.97 Å². The fourth-order valence-corrected chi connectivity index (χ4v) is 3.73. The SMILES string of the molecule is Cl.Cl.O=C(O)C1CCCN(C2CCN(Cc3cccnc3)CC2)C1. The molecule has 1 aromatic heterocycles. The molecule has 2 aliphatic rings. The molecule has 24 heavy (non-hydrogen) atoms. The Morgan fingerprint density at radius 1 is 1.21 bits per heavy atom. The van der Waals surface area contributed by atoms with E-state index in [0.717, 1.165) is 58.4 Å². The number of aromatic nitrogens is 1. The van der Waals surface area contributed by atoms with Crippen LogP contribution in [0.4, 0.5) is 0 Å².